The number of fused-ring (bicyclic) bond motifs is 2. The standard InChI is InChI=1S/C15H15NO6/c17-10-3-4-11(18)16(10)5-6-22-15(21)13-9-2-1-8(7-9)12(13)14(19)20/h1-4,8-9,12-13H,5-7H2,(H,19,20). The van der Waals surface area contributed by atoms with Crippen molar-refractivity contribution in [3.63, 3.8) is 0 Å². The van der Waals surface area contributed by atoms with E-state index in [-0.39, 0.29) is 25.0 Å². The maximum Gasteiger partial charge on any atom is 0.310 e. The van der Waals surface area contributed by atoms with Crippen molar-refractivity contribution in [2.24, 2.45) is 23.7 Å². The number of rotatable bonds is 5. The fourth-order valence-corrected chi connectivity index (χ4v) is 3.47. The van der Waals surface area contributed by atoms with Crippen molar-refractivity contribution in [1.82, 2.24) is 4.90 Å². The lowest BCUT2D eigenvalue weighted by atomic mass is 9.83. The van der Waals surface area contributed by atoms with E-state index in [1.165, 1.54) is 0 Å². The summed E-state index contributed by atoms with van der Waals surface area (Å²) in [5.74, 6) is -4.10. The number of carboxylic acids is 1. The number of allylic oxidation sites excluding steroid dienone is 2. The predicted molar refractivity (Wildman–Crippen MR) is 72.2 cm³/mol. The van der Waals surface area contributed by atoms with Crippen LogP contribution in [0.5, 0.6) is 0 Å². The zero-order valence-corrected chi connectivity index (χ0v) is 11.7. The summed E-state index contributed by atoms with van der Waals surface area (Å²) in [6.45, 7) is -0.146. The molecule has 0 aromatic rings. The van der Waals surface area contributed by atoms with Gasteiger partial charge in [-0.05, 0) is 18.3 Å². The number of amides is 2. The van der Waals surface area contributed by atoms with E-state index >= 15 is 0 Å². The number of aliphatic carboxylic acids is 1. The van der Waals surface area contributed by atoms with Crippen LogP contribution in [0.3, 0.4) is 0 Å². The highest BCUT2D eigenvalue weighted by Gasteiger charge is 2.52. The van der Waals surface area contributed by atoms with Gasteiger partial charge in [0.15, 0.2) is 0 Å². The summed E-state index contributed by atoms with van der Waals surface area (Å²) in [5.41, 5.74) is 0. The minimum absolute atomic E-state index is 0.0230. The highest BCUT2D eigenvalue weighted by atomic mass is 16.5. The summed E-state index contributed by atoms with van der Waals surface area (Å²) in [6, 6.07) is 0. The number of carboxylic acid groups (broad SMARTS) is 1. The first-order valence-corrected chi connectivity index (χ1v) is 7.10. The highest BCUT2D eigenvalue weighted by molar-refractivity contribution is 6.12. The molecular formula is C15H15NO6. The Balaban J connectivity index is 1.56. The van der Waals surface area contributed by atoms with Gasteiger partial charge >= 0.3 is 11.9 Å². The topological polar surface area (TPSA) is 101 Å². The molecule has 2 amide bonds. The number of imide groups is 1. The van der Waals surface area contributed by atoms with Gasteiger partial charge in [0, 0.05) is 12.2 Å². The van der Waals surface area contributed by atoms with Crippen LogP contribution in [-0.2, 0) is 23.9 Å². The maximum atomic E-state index is 12.2. The lowest BCUT2D eigenvalue weighted by molar-refractivity contribution is -0.159. The smallest absolute Gasteiger partial charge is 0.310 e. The van der Waals surface area contributed by atoms with Crippen molar-refractivity contribution in [1.29, 1.82) is 0 Å². The Hall–Kier alpha value is -2.44. The minimum Gasteiger partial charge on any atom is -0.481 e. The Bertz CT molecular complexity index is 589. The molecule has 7 nitrogen and oxygen atoms in total. The molecule has 0 radical (unpaired) electrons. The van der Waals surface area contributed by atoms with Crippen LogP contribution < -0.4 is 0 Å². The fourth-order valence-electron chi connectivity index (χ4n) is 3.47. The normalized spacial score (nSPS) is 32.1. The number of hydrogen-bond donors (Lipinski definition) is 1. The molecule has 116 valence electrons. The number of ether oxygens (including phenoxy) is 1. The molecule has 1 aliphatic heterocycles. The van der Waals surface area contributed by atoms with E-state index in [0.29, 0.717) is 6.42 Å². The molecule has 7 heteroatoms. The number of hydrogen-bond acceptors (Lipinski definition) is 5. The Morgan fingerprint density at radius 3 is 2.32 bits per heavy atom. The Labute approximate surface area is 126 Å². The molecule has 3 aliphatic rings. The van der Waals surface area contributed by atoms with Crippen LogP contribution in [0.2, 0.25) is 0 Å². The average molecular weight is 305 g/mol. The van der Waals surface area contributed by atoms with Crippen LogP contribution in [0, 0.1) is 23.7 Å². The second kappa shape index (κ2) is 5.40. The first kappa shape index (κ1) is 14.5. The SMILES string of the molecule is O=C(O)C1C2C=CC(C2)C1C(=O)OCCN1C(=O)C=CC1=O. The van der Waals surface area contributed by atoms with E-state index in [1.54, 1.807) is 0 Å². The molecule has 0 aromatic carbocycles. The minimum atomic E-state index is -0.993. The van der Waals surface area contributed by atoms with E-state index in [4.69, 9.17) is 4.74 Å². The van der Waals surface area contributed by atoms with Gasteiger partial charge in [-0.15, -0.1) is 0 Å². The lowest BCUT2D eigenvalue weighted by Gasteiger charge is -2.23. The van der Waals surface area contributed by atoms with Gasteiger partial charge in [0.05, 0.1) is 18.4 Å². The molecule has 4 unspecified atom stereocenters. The zero-order valence-electron chi connectivity index (χ0n) is 11.7. The Morgan fingerprint density at radius 1 is 1.14 bits per heavy atom. The van der Waals surface area contributed by atoms with Gasteiger partial charge in [0.25, 0.3) is 11.8 Å². The molecule has 2 bridgehead atoms. The quantitative estimate of drug-likeness (QED) is 0.435. The van der Waals surface area contributed by atoms with Crippen molar-refractivity contribution in [2.75, 3.05) is 13.2 Å². The Kier molecular flexibility index (Phi) is 3.56. The molecule has 4 atom stereocenters. The second-order valence-electron chi connectivity index (χ2n) is 5.67. The van der Waals surface area contributed by atoms with Gasteiger partial charge in [0.1, 0.15) is 6.61 Å². The second-order valence-corrected chi connectivity index (χ2v) is 5.67. The summed E-state index contributed by atoms with van der Waals surface area (Å²) in [6.07, 6.45) is 6.69. The predicted octanol–water partition coefficient (Wildman–Crippen LogP) is -0.0225. The van der Waals surface area contributed by atoms with Crippen molar-refractivity contribution in [2.45, 2.75) is 6.42 Å². The van der Waals surface area contributed by atoms with Crippen LogP contribution in [-0.4, -0.2) is 46.9 Å². The molecule has 3 rings (SSSR count). The van der Waals surface area contributed by atoms with Crippen LogP contribution in [0.15, 0.2) is 24.3 Å². The molecule has 0 saturated heterocycles. The number of esters is 1. The van der Waals surface area contributed by atoms with Crippen molar-refractivity contribution >= 4 is 23.8 Å². The molecule has 1 N–H and O–H groups in total. The molecule has 1 saturated carbocycles. The van der Waals surface area contributed by atoms with Crippen LogP contribution in [0.25, 0.3) is 0 Å². The zero-order chi connectivity index (χ0) is 15.9. The van der Waals surface area contributed by atoms with Crippen LogP contribution >= 0.6 is 0 Å². The monoisotopic (exact) mass is 305 g/mol. The van der Waals surface area contributed by atoms with E-state index < -0.39 is 35.6 Å². The van der Waals surface area contributed by atoms with Gasteiger partial charge in [-0.1, -0.05) is 12.2 Å². The van der Waals surface area contributed by atoms with E-state index in [1.807, 2.05) is 12.2 Å². The van der Waals surface area contributed by atoms with Crippen molar-refractivity contribution in [3.8, 4) is 0 Å². The molecule has 0 aromatic heterocycles. The molecule has 22 heavy (non-hydrogen) atoms. The first-order chi connectivity index (χ1) is 10.5. The van der Waals surface area contributed by atoms with Gasteiger partial charge < -0.3 is 9.84 Å². The first-order valence-electron chi connectivity index (χ1n) is 7.10. The number of carbonyl (C=O) groups excluding carboxylic acids is 3. The van der Waals surface area contributed by atoms with Crippen molar-refractivity contribution in [3.05, 3.63) is 24.3 Å². The number of carbonyl (C=O) groups is 4. The van der Waals surface area contributed by atoms with Gasteiger partial charge in [0.2, 0.25) is 0 Å². The van der Waals surface area contributed by atoms with E-state index in [9.17, 15) is 24.3 Å². The maximum absolute atomic E-state index is 12.2. The van der Waals surface area contributed by atoms with Gasteiger partial charge in [-0.25, -0.2) is 0 Å². The van der Waals surface area contributed by atoms with Crippen LogP contribution in [0.4, 0.5) is 0 Å². The lowest BCUT2D eigenvalue weighted by Crippen LogP contribution is -2.37. The summed E-state index contributed by atoms with van der Waals surface area (Å²) in [4.78, 5) is 47.2. The molecule has 2 aliphatic carbocycles. The van der Waals surface area contributed by atoms with Gasteiger partial charge in [-0.3, -0.25) is 24.1 Å². The van der Waals surface area contributed by atoms with E-state index in [0.717, 1.165) is 17.1 Å². The third-order valence-electron chi connectivity index (χ3n) is 4.48. The molecular weight excluding hydrogens is 290 g/mol. The molecule has 0 spiro atoms. The van der Waals surface area contributed by atoms with Crippen molar-refractivity contribution < 1.29 is 29.0 Å². The fraction of sp³-hybridized carbons (Fsp3) is 0.467. The van der Waals surface area contributed by atoms with Crippen LogP contribution in [0.1, 0.15) is 6.42 Å². The summed E-state index contributed by atoms with van der Waals surface area (Å²) in [7, 11) is 0. The third-order valence-corrected chi connectivity index (χ3v) is 4.48. The highest BCUT2D eigenvalue weighted by Crippen LogP contribution is 2.48. The van der Waals surface area contributed by atoms with E-state index in [2.05, 4.69) is 0 Å². The molecule has 1 fully saturated rings. The third kappa shape index (κ3) is 2.32. The average Bonchev–Trinajstić information content (AvgIpc) is 3.16. The molecule has 1 heterocycles. The summed E-state index contributed by atoms with van der Waals surface area (Å²) >= 11 is 0. The largest absolute Gasteiger partial charge is 0.481 e. The summed E-state index contributed by atoms with van der Waals surface area (Å²) < 4.78 is 5.11. The summed E-state index contributed by atoms with van der Waals surface area (Å²) in [5, 5.41) is 9.27. The Morgan fingerprint density at radius 2 is 1.73 bits per heavy atom. The number of nitrogens with zero attached hydrogens (tertiary/aromatic N) is 1. The van der Waals surface area contributed by atoms with Gasteiger partial charge in [-0.2, -0.15) is 0 Å².